The number of rotatable bonds is 6. The average Bonchev–Trinajstić information content (AvgIpc) is 2.35. The summed E-state index contributed by atoms with van der Waals surface area (Å²) in [7, 11) is 0. The second kappa shape index (κ2) is 10.8. The molecule has 1 atom stereocenters. The van der Waals surface area contributed by atoms with Crippen molar-refractivity contribution in [1.29, 1.82) is 0 Å². The lowest BCUT2D eigenvalue weighted by Gasteiger charge is -2.25. The van der Waals surface area contributed by atoms with E-state index in [0.717, 1.165) is 13.1 Å². The highest BCUT2D eigenvalue weighted by atomic mass is 35.5. The van der Waals surface area contributed by atoms with Gasteiger partial charge in [0.05, 0.1) is 6.04 Å². The highest BCUT2D eigenvalue weighted by Gasteiger charge is 2.09. The van der Waals surface area contributed by atoms with Gasteiger partial charge in [-0.2, -0.15) is 0 Å². The highest BCUT2D eigenvalue weighted by Crippen LogP contribution is 2.18. The molecule has 0 saturated heterocycles. The second-order valence-corrected chi connectivity index (χ2v) is 4.45. The van der Waals surface area contributed by atoms with Crippen molar-refractivity contribution in [2.45, 2.75) is 26.8 Å². The summed E-state index contributed by atoms with van der Waals surface area (Å²) in [5.41, 5.74) is 7.96. The molecule has 20 heavy (non-hydrogen) atoms. The molecule has 6 heteroatoms. The summed E-state index contributed by atoms with van der Waals surface area (Å²) >= 11 is 0. The first-order chi connectivity index (χ1) is 8.56. The summed E-state index contributed by atoms with van der Waals surface area (Å²) in [6, 6.07) is 7.82. The normalized spacial score (nSPS) is 10.8. The Balaban J connectivity index is 0. The number of carbonyl (C=O) groups excluding carboxylic acids is 1. The zero-order valence-electron chi connectivity index (χ0n) is 12.3. The molecule has 0 heterocycles. The van der Waals surface area contributed by atoms with Crippen LogP contribution in [0.2, 0.25) is 0 Å². The van der Waals surface area contributed by atoms with Gasteiger partial charge < -0.3 is 16.0 Å². The molecule has 0 saturated carbocycles. The van der Waals surface area contributed by atoms with Crippen LogP contribution in [0.3, 0.4) is 0 Å². The molecular formula is C14H25Cl2N3O. The molecule has 0 aliphatic heterocycles. The number of nitrogens with one attached hydrogen (secondary N) is 1. The van der Waals surface area contributed by atoms with Crippen LogP contribution < -0.4 is 16.0 Å². The third-order valence-electron chi connectivity index (χ3n) is 2.93. The van der Waals surface area contributed by atoms with Crippen LogP contribution in [0, 0.1) is 6.92 Å². The molecule has 1 aromatic carbocycles. The minimum atomic E-state index is -0.446. The van der Waals surface area contributed by atoms with Crippen molar-refractivity contribution in [3.63, 3.8) is 0 Å². The second-order valence-electron chi connectivity index (χ2n) is 4.45. The van der Waals surface area contributed by atoms with E-state index in [1.54, 1.807) is 6.92 Å². The molecule has 1 rings (SSSR count). The van der Waals surface area contributed by atoms with E-state index in [4.69, 9.17) is 5.73 Å². The Labute approximate surface area is 133 Å². The molecule has 116 valence electrons. The molecule has 4 nitrogen and oxygen atoms in total. The topological polar surface area (TPSA) is 58.4 Å². The molecular weight excluding hydrogens is 297 g/mol. The van der Waals surface area contributed by atoms with E-state index < -0.39 is 6.04 Å². The van der Waals surface area contributed by atoms with E-state index in [1.807, 2.05) is 12.1 Å². The van der Waals surface area contributed by atoms with Gasteiger partial charge in [0.15, 0.2) is 0 Å². The fourth-order valence-corrected chi connectivity index (χ4v) is 1.84. The van der Waals surface area contributed by atoms with E-state index in [0.29, 0.717) is 6.54 Å². The van der Waals surface area contributed by atoms with E-state index in [9.17, 15) is 4.79 Å². The van der Waals surface area contributed by atoms with E-state index in [1.165, 1.54) is 11.3 Å². The van der Waals surface area contributed by atoms with Gasteiger partial charge in [-0.1, -0.05) is 18.2 Å². The molecule has 0 aliphatic carbocycles. The summed E-state index contributed by atoms with van der Waals surface area (Å²) in [6.45, 7) is 8.22. The summed E-state index contributed by atoms with van der Waals surface area (Å²) in [5.74, 6) is -0.101. The Bertz CT molecular complexity index is 400. The Kier molecular flexibility index (Phi) is 11.5. The maximum Gasteiger partial charge on any atom is 0.236 e. The lowest BCUT2D eigenvalue weighted by Crippen LogP contribution is -2.42. The molecule has 0 radical (unpaired) electrons. The quantitative estimate of drug-likeness (QED) is 0.843. The number of hydrogen-bond donors (Lipinski definition) is 2. The zero-order valence-corrected chi connectivity index (χ0v) is 13.9. The molecule has 1 aromatic rings. The third kappa shape index (κ3) is 6.46. The van der Waals surface area contributed by atoms with Gasteiger partial charge >= 0.3 is 0 Å². The molecule has 0 aromatic heterocycles. The highest BCUT2D eigenvalue weighted by molar-refractivity contribution is 5.85. The monoisotopic (exact) mass is 321 g/mol. The lowest BCUT2D eigenvalue weighted by atomic mass is 10.2. The Hall–Kier alpha value is -0.970. The number of nitrogens with two attached hydrogens (primary N) is 1. The van der Waals surface area contributed by atoms with Crippen LogP contribution in [0.5, 0.6) is 0 Å². The number of halogens is 2. The van der Waals surface area contributed by atoms with Gasteiger partial charge in [0.2, 0.25) is 5.91 Å². The molecule has 1 amide bonds. The average molecular weight is 322 g/mol. The zero-order chi connectivity index (χ0) is 13.5. The van der Waals surface area contributed by atoms with E-state index in [2.05, 4.69) is 36.2 Å². The summed E-state index contributed by atoms with van der Waals surface area (Å²) in [4.78, 5) is 13.6. The van der Waals surface area contributed by atoms with Crippen LogP contribution in [-0.4, -0.2) is 31.6 Å². The lowest BCUT2D eigenvalue weighted by molar-refractivity contribution is -0.121. The first-order valence-electron chi connectivity index (χ1n) is 6.40. The Morgan fingerprint density at radius 3 is 2.45 bits per heavy atom. The smallest absolute Gasteiger partial charge is 0.236 e. The van der Waals surface area contributed by atoms with Crippen molar-refractivity contribution >= 4 is 36.4 Å². The SMILES string of the molecule is CCN(CCNC(=O)[C@@H](C)N)c1ccccc1C.Cl.Cl. The number of likely N-dealkylation sites (N-methyl/N-ethyl adjacent to an activating group) is 1. The number of hydrogen-bond acceptors (Lipinski definition) is 3. The molecule has 0 bridgehead atoms. The van der Waals surface area contributed by atoms with Gasteiger partial charge in [0.1, 0.15) is 0 Å². The van der Waals surface area contributed by atoms with Crippen LogP contribution in [0.1, 0.15) is 19.4 Å². The van der Waals surface area contributed by atoms with Gasteiger partial charge in [0, 0.05) is 25.3 Å². The fourth-order valence-electron chi connectivity index (χ4n) is 1.84. The predicted octanol–water partition coefficient (Wildman–Crippen LogP) is 2.13. The number of aryl methyl sites for hydroxylation is 1. The van der Waals surface area contributed by atoms with Crippen molar-refractivity contribution in [2.24, 2.45) is 5.73 Å². The van der Waals surface area contributed by atoms with Crippen LogP contribution in [-0.2, 0) is 4.79 Å². The minimum Gasteiger partial charge on any atom is -0.370 e. The first kappa shape index (κ1) is 21.3. The number of carbonyl (C=O) groups is 1. The maximum atomic E-state index is 11.4. The maximum absolute atomic E-state index is 11.4. The summed E-state index contributed by atoms with van der Waals surface area (Å²) in [5, 5.41) is 2.83. The van der Waals surface area contributed by atoms with Gasteiger partial charge in [-0.05, 0) is 32.4 Å². The van der Waals surface area contributed by atoms with Crippen LogP contribution in [0.4, 0.5) is 5.69 Å². The molecule has 0 spiro atoms. The predicted molar refractivity (Wildman–Crippen MR) is 90.2 cm³/mol. The Morgan fingerprint density at radius 2 is 1.95 bits per heavy atom. The summed E-state index contributed by atoms with van der Waals surface area (Å²) in [6.07, 6.45) is 0. The molecule has 0 fully saturated rings. The van der Waals surface area contributed by atoms with Crippen molar-refractivity contribution in [3.05, 3.63) is 29.8 Å². The van der Waals surface area contributed by atoms with Crippen molar-refractivity contribution in [3.8, 4) is 0 Å². The number of amides is 1. The van der Waals surface area contributed by atoms with E-state index in [-0.39, 0.29) is 30.7 Å². The standard InChI is InChI=1S/C14H23N3O.2ClH/c1-4-17(10-9-16-14(18)12(3)15)13-8-6-5-7-11(13)2;;/h5-8,12H,4,9-10,15H2,1-3H3,(H,16,18);2*1H/t12-;;/m1../s1. The third-order valence-corrected chi connectivity index (χ3v) is 2.93. The Morgan fingerprint density at radius 1 is 1.35 bits per heavy atom. The van der Waals surface area contributed by atoms with Crippen molar-refractivity contribution in [1.82, 2.24) is 5.32 Å². The van der Waals surface area contributed by atoms with Gasteiger partial charge in [-0.15, -0.1) is 24.8 Å². The van der Waals surface area contributed by atoms with Crippen molar-refractivity contribution in [2.75, 3.05) is 24.5 Å². The molecule has 0 aliphatic rings. The largest absolute Gasteiger partial charge is 0.370 e. The summed E-state index contributed by atoms with van der Waals surface area (Å²) < 4.78 is 0. The minimum absolute atomic E-state index is 0. The first-order valence-corrected chi connectivity index (χ1v) is 6.40. The van der Waals surface area contributed by atoms with Crippen LogP contribution >= 0.6 is 24.8 Å². The number of anilines is 1. The number of nitrogens with zero attached hydrogens (tertiary/aromatic N) is 1. The van der Waals surface area contributed by atoms with Crippen LogP contribution in [0.25, 0.3) is 0 Å². The van der Waals surface area contributed by atoms with Gasteiger partial charge in [0.25, 0.3) is 0 Å². The van der Waals surface area contributed by atoms with Gasteiger partial charge in [-0.3, -0.25) is 4.79 Å². The fraction of sp³-hybridized carbons (Fsp3) is 0.500. The number of para-hydroxylation sites is 1. The number of benzene rings is 1. The van der Waals surface area contributed by atoms with Crippen molar-refractivity contribution < 1.29 is 4.79 Å². The van der Waals surface area contributed by atoms with E-state index >= 15 is 0 Å². The van der Waals surface area contributed by atoms with Crippen LogP contribution in [0.15, 0.2) is 24.3 Å². The van der Waals surface area contributed by atoms with Gasteiger partial charge in [-0.25, -0.2) is 0 Å². The molecule has 0 unspecified atom stereocenters. The molecule has 3 N–H and O–H groups in total.